The van der Waals surface area contributed by atoms with Crippen molar-refractivity contribution in [1.82, 2.24) is 5.32 Å². The maximum Gasteiger partial charge on any atom is 0.331 e. The number of nitriles is 1. The Morgan fingerprint density at radius 3 is 2.47 bits per heavy atom. The van der Waals surface area contributed by atoms with Gasteiger partial charge >= 0.3 is 12.2 Å². The largest absolute Gasteiger partial charge is 0.337 e. The van der Waals surface area contributed by atoms with Crippen molar-refractivity contribution in [2.24, 2.45) is 5.73 Å². The number of guanidine groups is 1. The van der Waals surface area contributed by atoms with E-state index in [9.17, 15) is 0 Å². The fourth-order valence-electron chi connectivity index (χ4n) is 3.81. The van der Waals surface area contributed by atoms with Gasteiger partial charge in [-0.15, -0.1) is 4.58 Å². The lowest BCUT2D eigenvalue weighted by molar-refractivity contribution is -1.00. The van der Waals surface area contributed by atoms with Gasteiger partial charge in [0, 0.05) is 0 Å². The van der Waals surface area contributed by atoms with Gasteiger partial charge < -0.3 is 11.1 Å². The Labute approximate surface area is 115 Å². The van der Waals surface area contributed by atoms with Gasteiger partial charge in [0.05, 0.1) is 23.9 Å². The fourth-order valence-corrected chi connectivity index (χ4v) is 3.81. The first-order chi connectivity index (χ1) is 8.72. The van der Waals surface area contributed by atoms with Crippen LogP contribution in [0.5, 0.6) is 0 Å². The predicted octanol–water partition coefficient (Wildman–Crippen LogP) is -2.52. The molecule has 2 heterocycles. The summed E-state index contributed by atoms with van der Waals surface area (Å²) in [5.74, 6) is 0.479. The van der Waals surface area contributed by atoms with Crippen LogP contribution in [0.3, 0.4) is 0 Å². The molecule has 2 aliphatic heterocycles. The van der Waals surface area contributed by atoms with Crippen molar-refractivity contribution >= 4 is 5.96 Å². The highest BCUT2D eigenvalue weighted by atomic mass is 15.4. The topological polar surface area (TPSA) is 85.9 Å². The molecular weight excluding hydrogens is 240 g/mol. The minimum atomic E-state index is 0.254. The summed E-state index contributed by atoms with van der Waals surface area (Å²) in [5, 5.41) is 14.7. The number of piperidine rings is 1. The molecule has 2 rings (SSSR count). The molecule has 106 valence electrons. The molecule has 0 saturated carbocycles. The smallest absolute Gasteiger partial charge is 0.331 e. The summed E-state index contributed by atoms with van der Waals surface area (Å²) in [6.45, 7) is 10.7. The summed E-state index contributed by atoms with van der Waals surface area (Å²) in [7, 11) is 0. The molecule has 1 atom stereocenters. The van der Waals surface area contributed by atoms with Crippen molar-refractivity contribution < 1.29 is 14.8 Å². The van der Waals surface area contributed by atoms with Crippen molar-refractivity contribution in [1.29, 1.82) is 5.26 Å². The number of hydrogen-bond donors (Lipinski definition) is 4. The number of nitrogens with two attached hydrogens (primary N) is 2. The molecule has 0 spiro atoms. The molecule has 1 unspecified atom stereocenters. The molecule has 0 amide bonds. The van der Waals surface area contributed by atoms with E-state index in [1.165, 1.54) is 4.90 Å². The second-order valence-electron chi connectivity index (χ2n) is 7.31. The van der Waals surface area contributed by atoms with Gasteiger partial charge in [-0.3, -0.25) is 4.90 Å². The lowest BCUT2D eigenvalue weighted by Crippen LogP contribution is -3.22. The van der Waals surface area contributed by atoms with Gasteiger partial charge in [-0.1, -0.05) is 0 Å². The minimum absolute atomic E-state index is 0.254. The average molecular weight is 267 g/mol. The summed E-state index contributed by atoms with van der Waals surface area (Å²) >= 11 is 0. The standard InChI is InChI=1S/C13H24N6/c1-12(2)5-10(6-13(3,4)17-12)19-8-16-11(15)18(7-14)9-19/h10,17H,5-6,8-9H2,1-4H3,(H2,15,16)/p+3. The van der Waals surface area contributed by atoms with E-state index in [1.807, 2.05) is 0 Å². The Hall–Kier alpha value is -1.32. The first-order valence-electron chi connectivity index (χ1n) is 6.98. The molecule has 6 nitrogen and oxygen atoms in total. The predicted molar refractivity (Wildman–Crippen MR) is 72.0 cm³/mol. The maximum absolute atomic E-state index is 9.10. The van der Waals surface area contributed by atoms with Crippen molar-refractivity contribution in [2.75, 3.05) is 13.3 Å². The molecule has 0 aromatic heterocycles. The van der Waals surface area contributed by atoms with Crippen LogP contribution in [0, 0.1) is 11.5 Å². The maximum atomic E-state index is 9.10. The average Bonchev–Trinajstić information content (AvgIpc) is 2.25. The quantitative estimate of drug-likeness (QED) is 0.312. The van der Waals surface area contributed by atoms with Gasteiger partial charge in [-0.25, -0.2) is 5.32 Å². The first kappa shape index (κ1) is 14.1. The van der Waals surface area contributed by atoms with Crippen molar-refractivity contribution in [3.63, 3.8) is 0 Å². The number of rotatable bonds is 1. The minimum Gasteiger partial charge on any atom is -0.337 e. The lowest BCUT2D eigenvalue weighted by atomic mass is 9.79. The molecule has 6 N–H and O–H groups in total. The summed E-state index contributed by atoms with van der Waals surface area (Å²) in [6.07, 6.45) is 4.46. The third kappa shape index (κ3) is 3.17. The van der Waals surface area contributed by atoms with E-state index in [-0.39, 0.29) is 11.1 Å². The van der Waals surface area contributed by atoms with Gasteiger partial charge in [0.25, 0.3) is 0 Å². The van der Waals surface area contributed by atoms with Gasteiger partial charge in [0.2, 0.25) is 6.67 Å². The van der Waals surface area contributed by atoms with E-state index in [0.29, 0.717) is 18.7 Å². The summed E-state index contributed by atoms with van der Waals surface area (Å²) in [5.41, 5.74) is 6.28. The zero-order valence-corrected chi connectivity index (χ0v) is 12.5. The highest BCUT2D eigenvalue weighted by Crippen LogP contribution is 2.20. The van der Waals surface area contributed by atoms with Crippen LogP contribution in [0.1, 0.15) is 40.5 Å². The molecule has 2 aliphatic rings. The van der Waals surface area contributed by atoms with Crippen molar-refractivity contribution in [3.8, 4) is 6.19 Å². The van der Waals surface area contributed by atoms with E-state index in [4.69, 9.17) is 11.0 Å². The third-order valence-corrected chi connectivity index (χ3v) is 4.17. The highest BCUT2D eigenvalue weighted by molar-refractivity contribution is 5.72. The molecule has 1 saturated heterocycles. The highest BCUT2D eigenvalue weighted by Gasteiger charge is 2.46. The van der Waals surface area contributed by atoms with Gasteiger partial charge in [0.15, 0.2) is 6.67 Å². The monoisotopic (exact) mass is 267 g/mol. The number of quaternary nitrogens is 2. The molecule has 0 bridgehead atoms. The Balaban J connectivity index is 2.13. The normalized spacial score (nSPS) is 30.6. The van der Waals surface area contributed by atoms with Gasteiger partial charge in [-0.2, -0.15) is 0 Å². The molecule has 0 aromatic carbocycles. The van der Waals surface area contributed by atoms with E-state index >= 15 is 0 Å². The third-order valence-electron chi connectivity index (χ3n) is 4.17. The zero-order valence-electron chi connectivity index (χ0n) is 12.5. The van der Waals surface area contributed by atoms with Crippen LogP contribution in [-0.4, -0.2) is 41.0 Å². The Kier molecular flexibility index (Phi) is 3.45. The van der Waals surface area contributed by atoms with E-state index in [2.05, 4.69) is 44.5 Å². The second-order valence-corrected chi connectivity index (χ2v) is 7.31. The number of nitrogens with zero attached hydrogens (tertiary/aromatic N) is 2. The Morgan fingerprint density at radius 1 is 1.37 bits per heavy atom. The van der Waals surface area contributed by atoms with Gasteiger partial charge in [-0.05, 0) is 33.0 Å². The Morgan fingerprint density at radius 2 is 1.95 bits per heavy atom. The second kappa shape index (κ2) is 4.66. The van der Waals surface area contributed by atoms with Crippen LogP contribution in [0.2, 0.25) is 0 Å². The van der Waals surface area contributed by atoms with Crippen molar-refractivity contribution in [2.45, 2.75) is 57.7 Å². The van der Waals surface area contributed by atoms with Crippen LogP contribution in [0.15, 0.2) is 0 Å². The van der Waals surface area contributed by atoms with Crippen molar-refractivity contribution in [3.05, 3.63) is 0 Å². The first-order valence-corrected chi connectivity index (χ1v) is 6.98. The van der Waals surface area contributed by atoms with E-state index in [0.717, 1.165) is 19.5 Å². The van der Waals surface area contributed by atoms with Crippen LogP contribution < -0.4 is 21.3 Å². The molecule has 6 heteroatoms. The molecule has 19 heavy (non-hydrogen) atoms. The lowest BCUT2D eigenvalue weighted by Gasteiger charge is -2.44. The summed E-state index contributed by atoms with van der Waals surface area (Å²) < 4.78 is 1.55. The molecule has 1 fully saturated rings. The molecule has 0 aliphatic carbocycles. The summed E-state index contributed by atoms with van der Waals surface area (Å²) in [4.78, 5) is 1.41. The fraction of sp³-hybridized carbons (Fsp3) is 0.846. The van der Waals surface area contributed by atoms with Gasteiger partial charge in [0.1, 0.15) is 6.04 Å². The SMILES string of the molecule is CC1(C)CC([NH+]2CNC(N)=[N+](C#N)C2)CC(C)(C)[NH2+]1. The van der Waals surface area contributed by atoms with E-state index < -0.39 is 0 Å². The zero-order chi connectivity index (χ0) is 14.3. The summed E-state index contributed by atoms with van der Waals surface area (Å²) in [6, 6.07) is 0.562. The van der Waals surface area contributed by atoms with Crippen LogP contribution >= 0.6 is 0 Å². The molecular formula is C13H27N6+3. The molecule has 0 radical (unpaired) electrons. The Bertz CT molecular complexity index is 415. The number of hydrogen-bond acceptors (Lipinski definition) is 3. The van der Waals surface area contributed by atoms with E-state index in [1.54, 1.807) is 4.58 Å². The van der Waals surface area contributed by atoms with Crippen LogP contribution in [-0.2, 0) is 0 Å². The number of nitrogens with one attached hydrogen (secondary N) is 2. The molecule has 0 aromatic rings. The van der Waals surface area contributed by atoms with Crippen LogP contribution in [0.4, 0.5) is 0 Å². The van der Waals surface area contributed by atoms with Crippen LogP contribution in [0.25, 0.3) is 0 Å².